The Bertz CT molecular complexity index is 727. The molecule has 6 heteroatoms. The van der Waals surface area contributed by atoms with Crippen LogP contribution in [-0.4, -0.2) is 19.6 Å². The van der Waals surface area contributed by atoms with Crippen molar-refractivity contribution in [3.63, 3.8) is 0 Å². The second kappa shape index (κ2) is 42.7. The van der Waals surface area contributed by atoms with Crippen molar-refractivity contribution < 1.29 is 68.5 Å². The molecule has 0 heterocycles. The van der Waals surface area contributed by atoms with Gasteiger partial charge >= 0.3 is 51.4 Å². The van der Waals surface area contributed by atoms with Crippen molar-refractivity contribution in [2.24, 2.45) is 5.92 Å². The first kappa shape index (κ1) is 51.4. The minimum Gasteiger partial charge on any atom is -0.726 e. The Hall–Kier alpha value is 1.25. The number of rotatable bonds is 40. The summed E-state index contributed by atoms with van der Waals surface area (Å²) in [5.41, 5.74) is 0. The molecule has 48 heavy (non-hydrogen) atoms. The molecular formula is C42H83KO4S. The zero-order valence-electron chi connectivity index (χ0n) is 32.9. The van der Waals surface area contributed by atoms with E-state index in [1.807, 2.05) is 0 Å². The SMILES string of the molecule is CCCCCCCCCCCCCCCCCC/C=C/C(CCCCCCCCCCCCCCCCCCCC)COS(=O)(=O)[O-].[K+]. The summed E-state index contributed by atoms with van der Waals surface area (Å²) in [5, 5.41) is 0. The molecule has 0 aromatic heterocycles. The molecule has 0 bridgehead atoms. The van der Waals surface area contributed by atoms with E-state index in [-0.39, 0.29) is 63.9 Å². The maximum Gasteiger partial charge on any atom is 1.00 e. The molecule has 0 aliphatic rings. The average Bonchev–Trinajstić information content (AvgIpc) is 3.05. The summed E-state index contributed by atoms with van der Waals surface area (Å²) >= 11 is 0. The van der Waals surface area contributed by atoms with Gasteiger partial charge in [-0.1, -0.05) is 238 Å². The Morgan fingerprint density at radius 1 is 0.458 bits per heavy atom. The molecule has 1 atom stereocenters. The first-order valence-electron chi connectivity index (χ1n) is 21.3. The van der Waals surface area contributed by atoms with E-state index in [0.717, 1.165) is 19.3 Å². The van der Waals surface area contributed by atoms with Gasteiger partial charge in [-0.3, -0.25) is 4.18 Å². The molecular weight excluding hydrogens is 640 g/mol. The molecule has 0 aliphatic carbocycles. The van der Waals surface area contributed by atoms with Crippen molar-refractivity contribution in [2.75, 3.05) is 6.61 Å². The van der Waals surface area contributed by atoms with E-state index >= 15 is 0 Å². The van der Waals surface area contributed by atoms with Crippen LogP contribution in [0, 0.1) is 5.92 Å². The molecule has 1 unspecified atom stereocenters. The normalized spacial score (nSPS) is 12.6. The molecule has 0 aromatic carbocycles. The van der Waals surface area contributed by atoms with Gasteiger partial charge in [0.2, 0.25) is 10.4 Å². The van der Waals surface area contributed by atoms with Gasteiger partial charge in [0.1, 0.15) is 0 Å². The summed E-state index contributed by atoms with van der Waals surface area (Å²) in [5.74, 6) is 0.0147. The van der Waals surface area contributed by atoms with Gasteiger partial charge in [0, 0.05) is 5.92 Å². The molecule has 0 saturated heterocycles. The van der Waals surface area contributed by atoms with Crippen LogP contribution >= 0.6 is 0 Å². The van der Waals surface area contributed by atoms with Crippen LogP contribution in [0.2, 0.25) is 0 Å². The largest absolute Gasteiger partial charge is 1.00 e. The Balaban J connectivity index is 0. The maximum absolute atomic E-state index is 11.0. The number of hydrogen-bond acceptors (Lipinski definition) is 4. The number of hydrogen-bond donors (Lipinski definition) is 0. The summed E-state index contributed by atoms with van der Waals surface area (Å²) in [4.78, 5) is 0. The zero-order chi connectivity index (χ0) is 34.4. The molecule has 0 N–H and O–H groups in total. The molecule has 0 rings (SSSR count). The predicted molar refractivity (Wildman–Crippen MR) is 206 cm³/mol. The fraction of sp³-hybridized carbons (Fsp3) is 0.952. The molecule has 0 amide bonds. The Morgan fingerprint density at radius 3 is 1.02 bits per heavy atom. The smallest absolute Gasteiger partial charge is 0.726 e. The van der Waals surface area contributed by atoms with E-state index < -0.39 is 10.4 Å². The van der Waals surface area contributed by atoms with Crippen LogP contribution in [0.3, 0.4) is 0 Å². The molecule has 4 nitrogen and oxygen atoms in total. The fourth-order valence-electron chi connectivity index (χ4n) is 6.81. The topological polar surface area (TPSA) is 66.4 Å². The summed E-state index contributed by atoms with van der Waals surface area (Å²) in [6.07, 6.45) is 52.6. The third kappa shape index (κ3) is 45.3. The van der Waals surface area contributed by atoms with Crippen LogP contribution in [0.15, 0.2) is 12.2 Å². The minimum absolute atomic E-state index is 0. The summed E-state index contributed by atoms with van der Waals surface area (Å²) in [7, 11) is -4.63. The molecule has 0 saturated carbocycles. The molecule has 0 aromatic rings. The quantitative estimate of drug-likeness (QED) is 0.0208. The maximum atomic E-state index is 11.0. The second-order valence-electron chi connectivity index (χ2n) is 14.8. The van der Waals surface area contributed by atoms with Gasteiger partial charge < -0.3 is 4.55 Å². The standard InChI is InChI=1S/C42H84O4S.K/c1-3-5-7-9-11-13-15-17-19-21-23-25-27-29-31-33-35-37-39-42(41-46-47(43,44)45)40-38-36-34-32-30-28-26-24-22-20-18-16-14-12-10-8-6-4-2;/h37,39,42H,3-36,38,40-41H2,1-2H3,(H,43,44,45);/q;+1/p-1/b39-37+;. The van der Waals surface area contributed by atoms with Crippen LogP contribution in [0.1, 0.15) is 245 Å². The summed E-state index contributed by atoms with van der Waals surface area (Å²) in [6.45, 7) is 4.55. The van der Waals surface area contributed by atoms with E-state index in [2.05, 4.69) is 30.2 Å². The van der Waals surface area contributed by atoms with E-state index in [1.54, 1.807) is 0 Å². The van der Waals surface area contributed by atoms with E-state index in [9.17, 15) is 13.0 Å². The third-order valence-corrected chi connectivity index (χ3v) is 10.4. The summed E-state index contributed by atoms with van der Waals surface area (Å²) in [6, 6.07) is 0. The van der Waals surface area contributed by atoms with E-state index in [1.165, 1.54) is 212 Å². The first-order valence-corrected chi connectivity index (χ1v) is 22.6. The Morgan fingerprint density at radius 2 is 0.729 bits per heavy atom. The second-order valence-corrected chi connectivity index (χ2v) is 15.8. The minimum atomic E-state index is -4.63. The van der Waals surface area contributed by atoms with Crippen LogP contribution in [0.5, 0.6) is 0 Å². The van der Waals surface area contributed by atoms with Crippen molar-refractivity contribution in [3.05, 3.63) is 12.2 Å². The van der Waals surface area contributed by atoms with E-state index in [0.29, 0.717) is 0 Å². The van der Waals surface area contributed by atoms with Gasteiger partial charge in [0.15, 0.2) is 0 Å². The van der Waals surface area contributed by atoms with Gasteiger partial charge in [-0.25, -0.2) is 8.42 Å². The molecule has 282 valence electrons. The number of unbranched alkanes of at least 4 members (excludes halogenated alkanes) is 33. The zero-order valence-corrected chi connectivity index (χ0v) is 36.9. The molecule has 0 radical (unpaired) electrons. The Kier molecular flexibility index (Phi) is 45.6. The van der Waals surface area contributed by atoms with Gasteiger partial charge in [-0.05, 0) is 19.3 Å². The van der Waals surface area contributed by atoms with Crippen molar-refractivity contribution >= 4 is 10.4 Å². The van der Waals surface area contributed by atoms with Crippen molar-refractivity contribution in [2.45, 2.75) is 245 Å². The van der Waals surface area contributed by atoms with Crippen molar-refractivity contribution in [3.8, 4) is 0 Å². The Labute approximate surface area is 345 Å². The van der Waals surface area contributed by atoms with Gasteiger partial charge in [-0.15, -0.1) is 0 Å². The van der Waals surface area contributed by atoms with Gasteiger partial charge in [0.05, 0.1) is 6.61 Å². The molecule has 0 spiro atoms. The van der Waals surface area contributed by atoms with Crippen molar-refractivity contribution in [1.82, 2.24) is 0 Å². The number of allylic oxidation sites excluding steroid dienone is 1. The van der Waals surface area contributed by atoms with Crippen LogP contribution in [0.25, 0.3) is 0 Å². The molecule has 0 aliphatic heterocycles. The van der Waals surface area contributed by atoms with Crippen LogP contribution in [-0.2, 0) is 14.6 Å². The monoisotopic (exact) mass is 723 g/mol. The summed E-state index contributed by atoms with van der Waals surface area (Å²) < 4.78 is 37.7. The van der Waals surface area contributed by atoms with Gasteiger partial charge in [0.25, 0.3) is 0 Å². The van der Waals surface area contributed by atoms with Crippen molar-refractivity contribution in [1.29, 1.82) is 0 Å². The predicted octanol–water partition coefficient (Wildman–Crippen LogP) is 11.7. The van der Waals surface area contributed by atoms with Gasteiger partial charge in [-0.2, -0.15) is 0 Å². The van der Waals surface area contributed by atoms with E-state index in [4.69, 9.17) is 0 Å². The first-order chi connectivity index (χ1) is 23.0. The third-order valence-electron chi connectivity index (χ3n) is 9.99. The average molecular weight is 723 g/mol. The van der Waals surface area contributed by atoms with Crippen LogP contribution in [0.4, 0.5) is 0 Å². The molecule has 0 fully saturated rings. The van der Waals surface area contributed by atoms with Crippen LogP contribution < -0.4 is 51.4 Å². The fourth-order valence-corrected chi connectivity index (χ4v) is 7.15.